The van der Waals surface area contributed by atoms with Crippen LogP contribution < -0.4 is 0 Å². The molecule has 0 amide bonds. The van der Waals surface area contributed by atoms with E-state index in [0.29, 0.717) is 0 Å². The van der Waals surface area contributed by atoms with Gasteiger partial charge in [-0.15, -0.1) is 11.6 Å². The van der Waals surface area contributed by atoms with Gasteiger partial charge in [0.2, 0.25) is 0 Å². The average Bonchev–Trinajstić information content (AvgIpc) is 2.32. The number of rotatable bonds is 0. The van der Waals surface area contributed by atoms with Gasteiger partial charge in [0.1, 0.15) is 8.07 Å². The van der Waals surface area contributed by atoms with Gasteiger partial charge in [-0.25, -0.2) is 0 Å². The summed E-state index contributed by atoms with van der Waals surface area (Å²) in [6, 6.07) is 8.14. The molecule has 0 fully saturated rings. The van der Waals surface area contributed by atoms with Crippen LogP contribution in [0.15, 0.2) is 24.3 Å². The Morgan fingerprint density at radius 1 is 1.36 bits per heavy atom. The van der Waals surface area contributed by atoms with E-state index in [0.717, 1.165) is 5.56 Å². The molecule has 0 saturated carbocycles. The first-order chi connectivity index (χ1) is 5.08. The van der Waals surface area contributed by atoms with Crippen molar-refractivity contribution in [2.24, 2.45) is 0 Å². The minimum atomic E-state index is -1.17. The molecule has 0 bridgehead atoms. The topological polar surface area (TPSA) is 0 Å². The SMILES string of the molecule is C[Si](C)(C)C#Cc1ccc[cH-]1. The summed E-state index contributed by atoms with van der Waals surface area (Å²) in [7, 11) is -1.17. The summed E-state index contributed by atoms with van der Waals surface area (Å²) in [4.78, 5) is 0. The first-order valence-corrected chi connectivity index (χ1v) is 7.33. The Kier molecular flexibility index (Phi) is 2.26. The lowest BCUT2D eigenvalue weighted by atomic mass is 10.4. The first kappa shape index (κ1) is 8.23. The molecule has 58 valence electrons. The van der Waals surface area contributed by atoms with E-state index in [9.17, 15) is 0 Å². The van der Waals surface area contributed by atoms with Crippen LogP contribution in [-0.2, 0) is 0 Å². The zero-order chi connectivity index (χ0) is 8.32. The van der Waals surface area contributed by atoms with Gasteiger partial charge in [0.15, 0.2) is 0 Å². The molecule has 0 aromatic heterocycles. The molecule has 0 N–H and O–H groups in total. The Hall–Kier alpha value is -0.873. The molecular formula is C10H13Si-. The smallest absolute Gasteiger partial charge is 0.115 e. The maximum atomic E-state index is 3.31. The fourth-order valence-electron chi connectivity index (χ4n) is 0.717. The lowest BCUT2D eigenvalue weighted by Gasteiger charge is -2.05. The third-order valence-corrected chi connectivity index (χ3v) is 2.12. The maximum Gasteiger partial charge on any atom is 0.115 e. The fraction of sp³-hybridized carbons (Fsp3) is 0.300. The molecule has 0 unspecified atom stereocenters. The summed E-state index contributed by atoms with van der Waals surface area (Å²) in [5.74, 6) is 3.18. The quantitative estimate of drug-likeness (QED) is 0.312. The molecule has 0 heterocycles. The van der Waals surface area contributed by atoms with Crippen molar-refractivity contribution in [2.75, 3.05) is 0 Å². The maximum absolute atomic E-state index is 3.31. The van der Waals surface area contributed by atoms with Crippen LogP contribution in [0, 0.1) is 11.5 Å². The highest BCUT2D eigenvalue weighted by Gasteiger charge is 2.04. The van der Waals surface area contributed by atoms with E-state index in [1.807, 2.05) is 24.3 Å². The van der Waals surface area contributed by atoms with Crippen LogP contribution in [-0.4, -0.2) is 8.07 Å². The van der Waals surface area contributed by atoms with E-state index in [2.05, 4.69) is 31.1 Å². The fourth-order valence-corrected chi connectivity index (χ4v) is 1.24. The van der Waals surface area contributed by atoms with Crippen molar-refractivity contribution >= 4 is 8.07 Å². The normalized spacial score (nSPS) is 10.5. The molecule has 1 aromatic rings. The van der Waals surface area contributed by atoms with E-state index in [4.69, 9.17) is 0 Å². The zero-order valence-corrected chi connectivity index (χ0v) is 8.31. The largest absolute Gasteiger partial charge is 0.199 e. The van der Waals surface area contributed by atoms with Gasteiger partial charge in [-0.3, -0.25) is 0 Å². The van der Waals surface area contributed by atoms with Gasteiger partial charge in [0.25, 0.3) is 0 Å². The minimum absolute atomic E-state index is 1.15. The van der Waals surface area contributed by atoms with Gasteiger partial charge in [-0.1, -0.05) is 19.6 Å². The van der Waals surface area contributed by atoms with Crippen molar-refractivity contribution < 1.29 is 0 Å². The summed E-state index contributed by atoms with van der Waals surface area (Å²) >= 11 is 0. The molecule has 1 aromatic carbocycles. The van der Waals surface area contributed by atoms with Gasteiger partial charge in [-0.05, 0) is 0 Å². The molecule has 0 aliphatic carbocycles. The molecule has 0 nitrogen and oxygen atoms in total. The zero-order valence-electron chi connectivity index (χ0n) is 7.31. The molecule has 1 heteroatoms. The molecule has 0 aliphatic rings. The lowest BCUT2D eigenvalue weighted by molar-refractivity contribution is 1.79. The highest BCUT2D eigenvalue weighted by atomic mass is 28.3. The summed E-state index contributed by atoms with van der Waals surface area (Å²) < 4.78 is 0. The predicted octanol–water partition coefficient (Wildman–Crippen LogP) is 2.63. The van der Waals surface area contributed by atoms with Gasteiger partial charge in [-0.2, -0.15) is 29.7 Å². The molecule has 0 atom stereocenters. The first-order valence-electron chi connectivity index (χ1n) is 3.83. The van der Waals surface area contributed by atoms with Crippen LogP contribution in [0.5, 0.6) is 0 Å². The molecule has 1 rings (SSSR count). The van der Waals surface area contributed by atoms with E-state index in [1.165, 1.54) is 0 Å². The Bertz CT molecular complexity index is 264. The highest BCUT2D eigenvalue weighted by molar-refractivity contribution is 6.83. The number of hydrogen-bond acceptors (Lipinski definition) is 0. The van der Waals surface area contributed by atoms with Gasteiger partial charge in [0, 0.05) is 0 Å². The van der Waals surface area contributed by atoms with Crippen LogP contribution in [0.25, 0.3) is 0 Å². The predicted molar refractivity (Wildman–Crippen MR) is 52.3 cm³/mol. The Labute approximate surface area is 69.6 Å². The summed E-state index contributed by atoms with van der Waals surface area (Å²) in [5, 5.41) is 0. The molecular weight excluding hydrogens is 148 g/mol. The van der Waals surface area contributed by atoms with Crippen molar-refractivity contribution in [1.29, 1.82) is 0 Å². The molecule has 0 aliphatic heterocycles. The Morgan fingerprint density at radius 2 is 2.09 bits per heavy atom. The van der Waals surface area contributed by atoms with Gasteiger partial charge in [0.05, 0.1) is 0 Å². The molecule has 0 radical (unpaired) electrons. The monoisotopic (exact) mass is 161 g/mol. The molecule has 0 spiro atoms. The van der Waals surface area contributed by atoms with Gasteiger partial charge < -0.3 is 0 Å². The second kappa shape index (κ2) is 3.02. The van der Waals surface area contributed by atoms with Crippen LogP contribution in [0.3, 0.4) is 0 Å². The lowest BCUT2D eigenvalue weighted by Crippen LogP contribution is -2.16. The number of hydrogen-bond donors (Lipinski definition) is 0. The highest BCUT2D eigenvalue weighted by Crippen LogP contribution is 2.00. The minimum Gasteiger partial charge on any atom is -0.199 e. The third-order valence-electron chi connectivity index (χ3n) is 1.24. The standard InChI is InChI=1S/C10H13Si/c1-11(2,3)9-8-10-6-4-5-7-10/h4-7H,1-3H3/q-1. The molecule has 0 saturated heterocycles. The third kappa shape index (κ3) is 3.15. The van der Waals surface area contributed by atoms with Crippen molar-refractivity contribution in [3.63, 3.8) is 0 Å². The van der Waals surface area contributed by atoms with Gasteiger partial charge >= 0.3 is 0 Å². The van der Waals surface area contributed by atoms with E-state index in [1.54, 1.807) is 0 Å². The van der Waals surface area contributed by atoms with E-state index >= 15 is 0 Å². The summed E-state index contributed by atoms with van der Waals surface area (Å²) in [6.07, 6.45) is 0. The van der Waals surface area contributed by atoms with Crippen LogP contribution in [0.4, 0.5) is 0 Å². The van der Waals surface area contributed by atoms with Crippen LogP contribution >= 0.6 is 0 Å². The second-order valence-corrected chi connectivity index (χ2v) is 8.42. The van der Waals surface area contributed by atoms with Crippen molar-refractivity contribution in [3.05, 3.63) is 29.8 Å². The summed E-state index contributed by atoms with van der Waals surface area (Å²) in [5.41, 5.74) is 4.46. The average molecular weight is 161 g/mol. The van der Waals surface area contributed by atoms with E-state index in [-0.39, 0.29) is 0 Å². The van der Waals surface area contributed by atoms with Crippen LogP contribution in [0.1, 0.15) is 5.56 Å². The van der Waals surface area contributed by atoms with Crippen molar-refractivity contribution in [3.8, 4) is 11.5 Å². The second-order valence-electron chi connectivity index (χ2n) is 3.67. The molecule has 11 heavy (non-hydrogen) atoms. The van der Waals surface area contributed by atoms with Crippen molar-refractivity contribution in [2.45, 2.75) is 19.6 Å². The Balaban J connectivity index is 2.74. The van der Waals surface area contributed by atoms with E-state index < -0.39 is 8.07 Å². The van der Waals surface area contributed by atoms with Crippen LogP contribution in [0.2, 0.25) is 19.6 Å². The summed E-state index contributed by atoms with van der Waals surface area (Å²) in [6.45, 7) is 6.76. The Morgan fingerprint density at radius 3 is 2.55 bits per heavy atom. The van der Waals surface area contributed by atoms with Crippen molar-refractivity contribution in [1.82, 2.24) is 0 Å².